The zero-order valence-corrected chi connectivity index (χ0v) is 12.6. The van der Waals surface area contributed by atoms with Crippen molar-refractivity contribution in [3.05, 3.63) is 34.5 Å². The fraction of sp³-hybridized carbons (Fsp3) is 0.600. The molecular weight excluding hydrogens is 254 g/mol. The highest BCUT2D eigenvalue weighted by Crippen LogP contribution is 2.26. The Bertz CT molecular complexity index is 382. The van der Waals surface area contributed by atoms with E-state index in [0.717, 1.165) is 32.6 Å². The van der Waals surface area contributed by atoms with E-state index in [9.17, 15) is 0 Å². The van der Waals surface area contributed by atoms with Crippen molar-refractivity contribution in [2.75, 3.05) is 39.3 Å². The molecule has 0 bridgehead atoms. The van der Waals surface area contributed by atoms with E-state index in [1.165, 1.54) is 23.5 Å². The molecule has 2 rings (SSSR count). The summed E-state index contributed by atoms with van der Waals surface area (Å²) in [5.74, 6) is 0. The van der Waals surface area contributed by atoms with Crippen LogP contribution in [-0.4, -0.2) is 44.2 Å². The molecule has 1 aliphatic rings. The summed E-state index contributed by atoms with van der Waals surface area (Å²) in [5, 5.41) is 9.26. The van der Waals surface area contributed by atoms with Gasteiger partial charge in [-0.1, -0.05) is 6.08 Å². The van der Waals surface area contributed by atoms with Gasteiger partial charge in [-0.15, -0.1) is 17.9 Å². The van der Waals surface area contributed by atoms with E-state index in [1.807, 2.05) is 17.4 Å². The van der Waals surface area contributed by atoms with E-state index in [1.54, 1.807) is 0 Å². The number of hydrogen-bond donors (Lipinski definition) is 2. The largest absolute Gasteiger partial charge is 0.314 e. The smallest absolute Gasteiger partial charge is 0.0452 e. The first-order valence-electron chi connectivity index (χ1n) is 7.12. The monoisotopic (exact) mass is 279 g/mol. The Kier molecular flexibility index (Phi) is 6.04. The minimum absolute atomic E-state index is 0.431. The van der Waals surface area contributed by atoms with Gasteiger partial charge in [0.15, 0.2) is 0 Å². The second kappa shape index (κ2) is 7.80. The second-order valence-electron chi connectivity index (χ2n) is 5.09. The van der Waals surface area contributed by atoms with Crippen molar-refractivity contribution in [2.24, 2.45) is 0 Å². The minimum atomic E-state index is 0.431. The molecule has 0 aromatic carbocycles. The number of aryl methyl sites for hydroxylation is 1. The topological polar surface area (TPSA) is 27.3 Å². The van der Waals surface area contributed by atoms with Gasteiger partial charge in [-0.05, 0) is 30.4 Å². The molecule has 1 atom stereocenters. The van der Waals surface area contributed by atoms with Crippen molar-refractivity contribution < 1.29 is 0 Å². The van der Waals surface area contributed by atoms with Crippen LogP contribution in [0.25, 0.3) is 0 Å². The summed E-state index contributed by atoms with van der Waals surface area (Å²) >= 11 is 1.85. The third-order valence-corrected chi connectivity index (χ3v) is 4.78. The predicted octanol–water partition coefficient (Wildman–Crippen LogP) is 2.17. The van der Waals surface area contributed by atoms with Gasteiger partial charge in [0, 0.05) is 50.2 Å². The standard InChI is InChI=1S/C15H25N3S/c1-3-4-14(15-13(2)5-12-19-15)17-8-11-18-9-6-16-7-10-18/h3,5,12,14,16-17H,1,4,6-11H2,2H3. The summed E-state index contributed by atoms with van der Waals surface area (Å²) in [5.41, 5.74) is 1.39. The van der Waals surface area contributed by atoms with Crippen LogP contribution in [-0.2, 0) is 0 Å². The fourth-order valence-electron chi connectivity index (χ4n) is 2.52. The molecule has 1 aliphatic heterocycles. The van der Waals surface area contributed by atoms with Gasteiger partial charge >= 0.3 is 0 Å². The maximum atomic E-state index is 3.88. The van der Waals surface area contributed by atoms with Crippen LogP contribution < -0.4 is 10.6 Å². The quantitative estimate of drug-likeness (QED) is 0.749. The van der Waals surface area contributed by atoms with Crippen LogP contribution in [0, 0.1) is 6.92 Å². The summed E-state index contributed by atoms with van der Waals surface area (Å²) < 4.78 is 0. The van der Waals surface area contributed by atoms with Gasteiger partial charge in [-0.3, -0.25) is 4.90 Å². The number of hydrogen-bond acceptors (Lipinski definition) is 4. The molecular formula is C15H25N3S. The minimum Gasteiger partial charge on any atom is -0.314 e. The highest BCUT2D eigenvalue weighted by Gasteiger charge is 2.14. The van der Waals surface area contributed by atoms with Crippen LogP contribution in [0.5, 0.6) is 0 Å². The summed E-state index contributed by atoms with van der Waals surface area (Å²) in [4.78, 5) is 3.98. The molecule has 1 aromatic rings. The Morgan fingerprint density at radius 3 is 2.95 bits per heavy atom. The summed E-state index contributed by atoms with van der Waals surface area (Å²) in [6, 6.07) is 2.63. The molecule has 1 unspecified atom stereocenters. The van der Waals surface area contributed by atoms with Gasteiger partial charge in [0.25, 0.3) is 0 Å². The molecule has 1 aromatic heterocycles. The van der Waals surface area contributed by atoms with E-state index in [-0.39, 0.29) is 0 Å². The molecule has 1 saturated heterocycles. The van der Waals surface area contributed by atoms with Crippen LogP contribution in [0.3, 0.4) is 0 Å². The molecule has 106 valence electrons. The van der Waals surface area contributed by atoms with E-state index < -0.39 is 0 Å². The number of nitrogens with one attached hydrogen (secondary N) is 2. The van der Waals surface area contributed by atoms with E-state index in [4.69, 9.17) is 0 Å². The number of nitrogens with zero attached hydrogens (tertiary/aromatic N) is 1. The average molecular weight is 279 g/mol. The zero-order valence-electron chi connectivity index (χ0n) is 11.8. The van der Waals surface area contributed by atoms with Crippen LogP contribution >= 0.6 is 11.3 Å². The van der Waals surface area contributed by atoms with Gasteiger partial charge in [-0.25, -0.2) is 0 Å². The van der Waals surface area contributed by atoms with Gasteiger partial charge in [0.1, 0.15) is 0 Å². The lowest BCUT2D eigenvalue weighted by Crippen LogP contribution is -2.46. The fourth-order valence-corrected chi connectivity index (χ4v) is 3.54. The molecule has 1 fully saturated rings. The molecule has 0 saturated carbocycles. The molecule has 2 heterocycles. The predicted molar refractivity (Wildman–Crippen MR) is 83.9 cm³/mol. The Morgan fingerprint density at radius 1 is 1.53 bits per heavy atom. The summed E-state index contributed by atoms with van der Waals surface area (Å²) in [6.45, 7) is 12.9. The van der Waals surface area contributed by atoms with E-state index >= 15 is 0 Å². The van der Waals surface area contributed by atoms with Crippen molar-refractivity contribution in [2.45, 2.75) is 19.4 Å². The third kappa shape index (κ3) is 4.42. The highest BCUT2D eigenvalue weighted by molar-refractivity contribution is 7.10. The van der Waals surface area contributed by atoms with Crippen LogP contribution in [0.4, 0.5) is 0 Å². The molecule has 3 nitrogen and oxygen atoms in total. The van der Waals surface area contributed by atoms with Gasteiger partial charge in [0.2, 0.25) is 0 Å². The number of rotatable bonds is 7. The lowest BCUT2D eigenvalue weighted by Gasteiger charge is -2.28. The van der Waals surface area contributed by atoms with Crippen LogP contribution in [0.15, 0.2) is 24.1 Å². The molecule has 4 heteroatoms. The Hall–Kier alpha value is -0.680. The molecule has 2 N–H and O–H groups in total. The Balaban J connectivity index is 1.80. The van der Waals surface area contributed by atoms with Crippen molar-refractivity contribution in [1.29, 1.82) is 0 Å². The molecule has 19 heavy (non-hydrogen) atoms. The normalized spacial score (nSPS) is 18.4. The van der Waals surface area contributed by atoms with Crippen molar-refractivity contribution in [3.8, 4) is 0 Å². The van der Waals surface area contributed by atoms with E-state index in [0.29, 0.717) is 6.04 Å². The molecule has 0 spiro atoms. The SMILES string of the molecule is C=CCC(NCCN1CCNCC1)c1sccc1C. The zero-order chi connectivity index (χ0) is 13.5. The highest BCUT2D eigenvalue weighted by atomic mass is 32.1. The van der Waals surface area contributed by atoms with E-state index in [2.05, 4.69) is 40.5 Å². The lowest BCUT2D eigenvalue weighted by molar-refractivity contribution is 0.238. The summed E-state index contributed by atoms with van der Waals surface area (Å²) in [7, 11) is 0. The Labute approximate surface area is 120 Å². The van der Waals surface area contributed by atoms with Crippen LogP contribution in [0.2, 0.25) is 0 Å². The summed E-state index contributed by atoms with van der Waals surface area (Å²) in [6.07, 6.45) is 3.02. The van der Waals surface area contributed by atoms with Crippen LogP contribution in [0.1, 0.15) is 22.9 Å². The van der Waals surface area contributed by atoms with Crippen molar-refractivity contribution in [3.63, 3.8) is 0 Å². The van der Waals surface area contributed by atoms with Gasteiger partial charge in [0.05, 0.1) is 0 Å². The first-order valence-corrected chi connectivity index (χ1v) is 8.00. The maximum Gasteiger partial charge on any atom is 0.0452 e. The van der Waals surface area contributed by atoms with Gasteiger partial charge in [-0.2, -0.15) is 0 Å². The average Bonchev–Trinajstić information content (AvgIpc) is 2.85. The molecule has 0 radical (unpaired) electrons. The number of thiophene rings is 1. The first kappa shape index (κ1) is 14.7. The second-order valence-corrected chi connectivity index (χ2v) is 6.04. The molecule has 0 aliphatic carbocycles. The van der Waals surface area contributed by atoms with Crippen molar-refractivity contribution >= 4 is 11.3 Å². The Morgan fingerprint density at radius 2 is 2.32 bits per heavy atom. The third-order valence-electron chi connectivity index (χ3n) is 3.65. The van der Waals surface area contributed by atoms with Gasteiger partial charge < -0.3 is 10.6 Å². The first-order chi connectivity index (χ1) is 9.31. The maximum absolute atomic E-state index is 3.88. The number of piperazine rings is 1. The lowest BCUT2D eigenvalue weighted by atomic mass is 10.1. The molecule has 0 amide bonds. The van der Waals surface area contributed by atoms with Crippen molar-refractivity contribution in [1.82, 2.24) is 15.5 Å².